The van der Waals surface area contributed by atoms with E-state index in [-0.39, 0.29) is 5.91 Å². The van der Waals surface area contributed by atoms with Crippen molar-refractivity contribution in [3.8, 4) is 11.4 Å². The van der Waals surface area contributed by atoms with Crippen molar-refractivity contribution in [2.75, 3.05) is 5.75 Å². The second-order valence-electron chi connectivity index (χ2n) is 6.71. The molecule has 3 rings (SSSR count). The lowest BCUT2D eigenvalue weighted by Crippen LogP contribution is -2.37. The van der Waals surface area contributed by atoms with Gasteiger partial charge in [-0.2, -0.15) is 0 Å². The van der Waals surface area contributed by atoms with Crippen LogP contribution in [0, 0.1) is 6.92 Å². The van der Waals surface area contributed by atoms with Crippen LogP contribution >= 0.6 is 11.8 Å². The van der Waals surface area contributed by atoms with Crippen LogP contribution in [0.1, 0.15) is 37.7 Å². The van der Waals surface area contributed by atoms with E-state index in [9.17, 15) is 4.79 Å². The number of aryl methyl sites for hydroxylation is 1. The highest BCUT2D eigenvalue weighted by Crippen LogP contribution is 2.26. The summed E-state index contributed by atoms with van der Waals surface area (Å²) in [6, 6.07) is 8.46. The summed E-state index contributed by atoms with van der Waals surface area (Å²) in [7, 11) is 0. The zero-order chi connectivity index (χ0) is 18.4. The van der Waals surface area contributed by atoms with Gasteiger partial charge in [0.05, 0.1) is 5.75 Å². The number of allylic oxidation sites excluding steroid dienone is 1. The molecule has 0 aliphatic heterocycles. The van der Waals surface area contributed by atoms with Crippen molar-refractivity contribution in [2.24, 2.45) is 0 Å². The van der Waals surface area contributed by atoms with Crippen LogP contribution in [0.2, 0.25) is 0 Å². The molecule has 138 valence electrons. The van der Waals surface area contributed by atoms with Crippen LogP contribution < -0.4 is 5.32 Å². The molecule has 5 nitrogen and oxygen atoms in total. The van der Waals surface area contributed by atoms with Crippen molar-refractivity contribution in [3.63, 3.8) is 0 Å². The third-order valence-corrected chi connectivity index (χ3v) is 5.68. The van der Waals surface area contributed by atoms with Gasteiger partial charge in [-0.25, -0.2) is 0 Å². The second-order valence-corrected chi connectivity index (χ2v) is 7.65. The number of aromatic nitrogens is 3. The van der Waals surface area contributed by atoms with Gasteiger partial charge in [0.2, 0.25) is 5.91 Å². The number of hydrogen-bond donors (Lipinski definition) is 1. The number of nitrogens with one attached hydrogen (secondary N) is 1. The average molecular weight is 371 g/mol. The van der Waals surface area contributed by atoms with Gasteiger partial charge in [0.1, 0.15) is 0 Å². The number of benzene rings is 1. The first kappa shape index (κ1) is 18.7. The van der Waals surface area contributed by atoms with Crippen LogP contribution in [0.25, 0.3) is 11.4 Å². The molecule has 1 aromatic carbocycles. The molecule has 0 saturated heterocycles. The Balaban J connectivity index is 1.69. The molecule has 6 heteroatoms. The molecule has 1 heterocycles. The van der Waals surface area contributed by atoms with E-state index in [0.717, 1.165) is 34.9 Å². The van der Waals surface area contributed by atoms with Gasteiger partial charge < -0.3 is 5.32 Å². The minimum absolute atomic E-state index is 0.0764. The fourth-order valence-electron chi connectivity index (χ4n) is 3.36. The van der Waals surface area contributed by atoms with Crippen LogP contribution in [-0.2, 0) is 11.3 Å². The number of thioether (sulfide) groups is 1. The van der Waals surface area contributed by atoms with Crippen LogP contribution in [0.15, 0.2) is 42.1 Å². The van der Waals surface area contributed by atoms with E-state index < -0.39 is 0 Å². The maximum absolute atomic E-state index is 12.3. The number of nitrogens with zero attached hydrogens (tertiary/aromatic N) is 3. The summed E-state index contributed by atoms with van der Waals surface area (Å²) in [6.07, 6.45) is 7.74. The summed E-state index contributed by atoms with van der Waals surface area (Å²) in [6.45, 7) is 6.52. The molecule has 1 N–H and O–H groups in total. The highest BCUT2D eigenvalue weighted by Gasteiger charge is 2.18. The summed E-state index contributed by atoms with van der Waals surface area (Å²) in [5, 5.41) is 12.6. The van der Waals surface area contributed by atoms with Gasteiger partial charge in [-0.05, 0) is 25.3 Å². The topological polar surface area (TPSA) is 59.8 Å². The van der Waals surface area contributed by atoms with E-state index in [1.807, 2.05) is 28.8 Å². The maximum atomic E-state index is 12.3. The fraction of sp³-hybridized carbons (Fsp3) is 0.450. The fourth-order valence-corrected chi connectivity index (χ4v) is 4.12. The van der Waals surface area contributed by atoms with Crippen molar-refractivity contribution in [1.29, 1.82) is 0 Å². The number of amides is 1. The quantitative estimate of drug-likeness (QED) is 0.591. The van der Waals surface area contributed by atoms with Gasteiger partial charge in [0, 0.05) is 18.2 Å². The summed E-state index contributed by atoms with van der Waals surface area (Å²) in [5.41, 5.74) is 2.21. The zero-order valence-electron chi connectivity index (χ0n) is 15.3. The Bertz CT molecular complexity index is 765. The molecular weight excluding hydrogens is 344 g/mol. The molecule has 26 heavy (non-hydrogen) atoms. The highest BCUT2D eigenvalue weighted by atomic mass is 32.2. The lowest BCUT2D eigenvalue weighted by Gasteiger charge is -2.22. The zero-order valence-corrected chi connectivity index (χ0v) is 16.1. The Kier molecular flexibility index (Phi) is 6.50. The minimum Gasteiger partial charge on any atom is -0.353 e. The minimum atomic E-state index is 0.0764. The normalized spacial score (nSPS) is 15.0. The van der Waals surface area contributed by atoms with E-state index in [1.165, 1.54) is 31.0 Å². The van der Waals surface area contributed by atoms with Gasteiger partial charge in [-0.3, -0.25) is 9.36 Å². The van der Waals surface area contributed by atoms with E-state index in [2.05, 4.69) is 35.1 Å². The first-order valence-corrected chi connectivity index (χ1v) is 10.2. The Labute approximate surface area is 159 Å². The molecule has 1 aromatic heterocycles. The first-order chi connectivity index (χ1) is 12.7. The standard InChI is InChI=1S/C20H26N4OS/c1-3-13-24-19(17-12-8-7-9-15(17)2)22-23-20(24)26-14-18(25)21-16-10-5-4-6-11-16/h3,7-9,12,16H,1,4-6,10-11,13-14H2,2H3,(H,21,25). The van der Waals surface area contributed by atoms with Gasteiger partial charge in [-0.15, -0.1) is 16.8 Å². The van der Waals surface area contributed by atoms with E-state index in [0.29, 0.717) is 18.3 Å². The molecule has 2 aromatic rings. The molecule has 0 bridgehead atoms. The number of rotatable bonds is 7. The first-order valence-electron chi connectivity index (χ1n) is 9.21. The molecular formula is C20H26N4OS. The number of carbonyl (C=O) groups excluding carboxylic acids is 1. The molecule has 0 atom stereocenters. The predicted octanol–water partition coefficient (Wildman–Crippen LogP) is 3.98. The van der Waals surface area contributed by atoms with Crippen molar-refractivity contribution in [3.05, 3.63) is 42.5 Å². The molecule has 1 fully saturated rings. The SMILES string of the molecule is C=CCn1c(SCC(=O)NC2CCCCC2)nnc1-c1ccccc1C. The van der Waals surface area contributed by atoms with Crippen molar-refractivity contribution < 1.29 is 4.79 Å². The van der Waals surface area contributed by atoms with E-state index in [1.54, 1.807) is 0 Å². The average Bonchev–Trinajstić information content (AvgIpc) is 3.04. The molecule has 0 spiro atoms. The van der Waals surface area contributed by atoms with Gasteiger partial charge in [-0.1, -0.05) is 61.4 Å². The van der Waals surface area contributed by atoms with Crippen LogP contribution in [-0.4, -0.2) is 32.5 Å². The van der Waals surface area contributed by atoms with Crippen molar-refractivity contribution in [1.82, 2.24) is 20.1 Å². The molecule has 0 unspecified atom stereocenters. The molecule has 1 aliphatic carbocycles. The van der Waals surface area contributed by atoms with Crippen LogP contribution in [0.5, 0.6) is 0 Å². The number of carbonyl (C=O) groups is 1. The third-order valence-electron chi connectivity index (χ3n) is 4.72. The van der Waals surface area contributed by atoms with E-state index in [4.69, 9.17) is 0 Å². The predicted molar refractivity (Wildman–Crippen MR) is 106 cm³/mol. The lowest BCUT2D eigenvalue weighted by atomic mass is 9.95. The Hall–Kier alpha value is -2.08. The van der Waals surface area contributed by atoms with Crippen LogP contribution in [0.4, 0.5) is 0 Å². The molecule has 0 radical (unpaired) electrons. The monoisotopic (exact) mass is 370 g/mol. The maximum Gasteiger partial charge on any atom is 0.230 e. The summed E-state index contributed by atoms with van der Waals surface area (Å²) < 4.78 is 2.02. The second kappa shape index (κ2) is 9.03. The number of hydrogen-bond acceptors (Lipinski definition) is 4. The molecule has 1 amide bonds. The Morgan fingerprint density at radius 1 is 1.31 bits per heavy atom. The van der Waals surface area contributed by atoms with Gasteiger partial charge in [0.15, 0.2) is 11.0 Å². The largest absolute Gasteiger partial charge is 0.353 e. The summed E-state index contributed by atoms with van der Waals surface area (Å²) in [5.74, 6) is 1.25. The smallest absolute Gasteiger partial charge is 0.230 e. The highest BCUT2D eigenvalue weighted by molar-refractivity contribution is 7.99. The van der Waals surface area contributed by atoms with Crippen molar-refractivity contribution in [2.45, 2.75) is 56.8 Å². The van der Waals surface area contributed by atoms with Gasteiger partial charge in [0.25, 0.3) is 0 Å². The molecule has 1 aliphatic rings. The summed E-state index contributed by atoms with van der Waals surface area (Å²) >= 11 is 1.43. The molecule has 1 saturated carbocycles. The summed E-state index contributed by atoms with van der Waals surface area (Å²) in [4.78, 5) is 12.3. The lowest BCUT2D eigenvalue weighted by molar-refractivity contribution is -0.119. The Morgan fingerprint density at radius 3 is 2.81 bits per heavy atom. The van der Waals surface area contributed by atoms with Crippen LogP contribution in [0.3, 0.4) is 0 Å². The van der Waals surface area contributed by atoms with Gasteiger partial charge >= 0.3 is 0 Å². The third kappa shape index (κ3) is 4.55. The van der Waals surface area contributed by atoms with E-state index >= 15 is 0 Å². The Morgan fingerprint density at radius 2 is 2.08 bits per heavy atom. The van der Waals surface area contributed by atoms with Crippen molar-refractivity contribution >= 4 is 17.7 Å².